The van der Waals surface area contributed by atoms with E-state index in [4.69, 9.17) is 4.74 Å². The molecular weight excluding hydrogens is 341 g/mol. The lowest BCUT2D eigenvalue weighted by molar-refractivity contribution is -0.152. The van der Waals surface area contributed by atoms with E-state index in [1.54, 1.807) is 18.2 Å². The Balaban J connectivity index is 1.75. The Morgan fingerprint density at radius 3 is 2.52 bits per heavy atom. The summed E-state index contributed by atoms with van der Waals surface area (Å²) in [6, 6.07) is 14.0. The second kappa shape index (κ2) is 9.22. The molecule has 25 heavy (non-hydrogen) atoms. The van der Waals surface area contributed by atoms with Crippen molar-refractivity contribution < 1.29 is 18.7 Å². The lowest BCUT2D eigenvalue weighted by atomic mass is 10.1. The fourth-order valence-corrected chi connectivity index (χ4v) is 2.74. The first-order valence-electron chi connectivity index (χ1n) is 7.86. The van der Waals surface area contributed by atoms with Gasteiger partial charge >= 0.3 is 5.97 Å². The van der Waals surface area contributed by atoms with Gasteiger partial charge in [0.25, 0.3) is 5.91 Å². The maximum absolute atomic E-state index is 13.5. The third-order valence-corrected chi connectivity index (χ3v) is 4.47. The summed E-state index contributed by atoms with van der Waals surface area (Å²) in [5.74, 6) is -1.38. The third kappa shape index (κ3) is 6.23. The van der Waals surface area contributed by atoms with Gasteiger partial charge in [0.2, 0.25) is 0 Å². The van der Waals surface area contributed by atoms with Crippen LogP contribution in [0.2, 0.25) is 0 Å². The number of benzene rings is 2. The topological polar surface area (TPSA) is 55.4 Å². The molecule has 0 heterocycles. The van der Waals surface area contributed by atoms with E-state index in [0.717, 1.165) is 22.9 Å². The lowest BCUT2D eigenvalue weighted by Gasteiger charge is -2.13. The maximum atomic E-state index is 13.5. The van der Waals surface area contributed by atoms with Gasteiger partial charge in [-0.15, -0.1) is 11.8 Å². The van der Waals surface area contributed by atoms with Crippen molar-refractivity contribution in [1.82, 2.24) is 5.32 Å². The predicted molar refractivity (Wildman–Crippen MR) is 95.7 cm³/mol. The van der Waals surface area contributed by atoms with Crippen LogP contribution >= 0.6 is 11.8 Å². The highest BCUT2D eigenvalue weighted by Gasteiger charge is 2.18. The van der Waals surface area contributed by atoms with E-state index >= 15 is 0 Å². The molecule has 0 saturated carbocycles. The normalized spacial score (nSPS) is 11.6. The van der Waals surface area contributed by atoms with Crippen LogP contribution in [0.4, 0.5) is 4.39 Å². The molecule has 0 aliphatic heterocycles. The molecule has 2 rings (SSSR count). The third-order valence-electron chi connectivity index (χ3n) is 3.45. The van der Waals surface area contributed by atoms with Crippen molar-refractivity contribution in [3.8, 4) is 0 Å². The van der Waals surface area contributed by atoms with Crippen LogP contribution in [0.15, 0.2) is 53.4 Å². The second-order valence-corrected chi connectivity index (χ2v) is 6.57. The average Bonchev–Trinajstić information content (AvgIpc) is 2.60. The molecule has 0 radical (unpaired) electrons. The van der Waals surface area contributed by atoms with Crippen LogP contribution in [0.3, 0.4) is 0 Å². The number of hydrogen-bond donors (Lipinski definition) is 1. The minimum absolute atomic E-state index is 0.0590. The Morgan fingerprint density at radius 1 is 1.16 bits per heavy atom. The summed E-state index contributed by atoms with van der Waals surface area (Å²) < 4.78 is 18.6. The smallest absolute Gasteiger partial charge is 0.317 e. The fraction of sp³-hybridized carbons (Fsp3) is 0.263. The number of thioether (sulfide) groups is 1. The Morgan fingerprint density at radius 2 is 1.84 bits per heavy atom. The molecule has 2 aromatic carbocycles. The first-order valence-corrected chi connectivity index (χ1v) is 8.84. The largest absolute Gasteiger partial charge is 0.452 e. The van der Waals surface area contributed by atoms with Gasteiger partial charge in [-0.1, -0.05) is 42.0 Å². The minimum atomic E-state index is -0.904. The Kier molecular flexibility index (Phi) is 7.01. The molecule has 4 nitrogen and oxygen atoms in total. The number of carbonyl (C=O) groups is 2. The number of halogens is 1. The van der Waals surface area contributed by atoms with Crippen molar-refractivity contribution in [2.75, 3.05) is 5.75 Å². The molecule has 2 aromatic rings. The summed E-state index contributed by atoms with van der Waals surface area (Å²) in [6.45, 7) is 3.87. The Bertz CT molecular complexity index is 734. The summed E-state index contributed by atoms with van der Waals surface area (Å²) in [4.78, 5) is 24.2. The van der Waals surface area contributed by atoms with Crippen molar-refractivity contribution in [3.05, 3.63) is 65.5 Å². The zero-order valence-electron chi connectivity index (χ0n) is 14.1. The molecule has 0 aliphatic rings. The highest BCUT2D eigenvalue weighted by atomic mass is 32.2. The molecule has 0 spiro atoms. The number of carbonyl (C=O) groups excluding carboxylic acids is 2. The van der Waals surface area contributed by atoms with Gasteiger partial charge < -0.3 is 10.1 Å². The van der Waals surface area contributed by atoms with Crippen LogP contribution in [0.1, 0.15) is 18.1 Å². The van der Waals surface area contributed by atoms with Gasteiger partial charge in [-0.3, -0.25) is 9.59 Å². The van der Waals surface area contributed by atoms with Crippen LogP contribution < -0.4 is 5.32 Å². The zero-order chi connectivity index (χ0) is 18.2. The summed E-state index contributed by atoms with van der Waals surface area (Å²) >= 11 is 1.04. The first kappa shape index (κ1) is 19.0. The number of rotatable bonds is 7. The highest BCUT2D eigenvalue weighted by Crippen LogP contribution is 2.21. The van der Waals surface area contributed by atoms with Gasteiger partial charge in [-0.2, -0.15) is 0 Å². The SMILES string of the molecule is Cc1ccc(CNC(=O)[C@H](C)OC(=O)CSc2ccccc2F)cc1. The molecule has 1 N–H and O–H groups in total. The molecule has 1 atom stereocenters. The van der Waals surface area contributed by atoms with E-state index < -0.39 is 12.1 Å². The first-order chi connectivity index (χ1) is 12.0. The molecule has 0 saturated heterocycles. The number of esters is 1. The minimum Gasteiger partial charge on any atom is -0.452 e. The molecule has 6 heteroatoms. The van der Waals surface area contributed by atoms with Crippen LogP contribution in [-0.4, -0.2) is 23.7 Å². The van der Waals surface area contributed by atoms with Crippen LogP contribution in [0.5, 0.6) is 0 Å². The van der Waals surface area contributed by atoms with Gasteiger partial charge in [0.15, 0.2) is 6.10 Å². The summed E-state index contributed by atoms with van der Waals surface area (Å²) in [5.41, 5.74) is 2.11. The predicted octanol–water partition coefficient (Wildman–Crippen LogP) is 3.47. The van der Waals surface area contributed by atoms with Gasteiger partial charge in [0, 0.05) is 11.4 Å². The van der Waals surface area contributed by atoms with Gasteiger partial charge in [0.05, 0.1) is 5.75 Å². The van der Waals surface area contributed by atoms with E-state index in [-0.39, 0.29) is 17.5 Å². The molecule has 1 amide bonds. The van der Waals surface area contributed by atoms with Gasteiger partial charge in [-0.25, -0.2) is 4.39 Å². The monoisotopic (exact) mass is 361 g/mol. The van der Waals surface area contributed by atoms with E-state index in [1.807, 2.05) is 31.2 Å². The summed E-state index contributed by atoms with van der Waals surface area (Å²) in [6.07, 6.45) is -0.904. The average molecular weight is 361 g/mol. The second-order valence-electron chi connectivity index (χ2n) is 5.55. The van der Waals surface area contributed by atoms with Crippen LogP contribution in [-0.2, 0) is 20.9 Å². The number of ether oxygens (including phenoxy) is 1. The van der Waals surface area contributed by atoms with Crippen LogP contribution in [0.25, 0.3) is 0 Å². The molecule has 0 bridgehead atoms. The number of aryl methyl sites for hydroxylation is 1. The summed E-state index contributed by atoms with van der Waals surface area (Å²) in [7, 11) is 0. The number of amides is 1. The van der Waals surface area contributed by atoms with E-state index in [0.29, 0.717) is 11.4 Å². The van der Waals surface area contributed by atoms with E-state index in [1.165, 1.54) is 13.0 Å². The van der Waals surface area contributed by atoms with E-state index in [2.05, 4.69) is 5.32 Å². The van der Waals surface area contributed by atoms with Crippen molar-refractivity contribution >= 4 is 23.6 Å². The van der Waals surface area contributed by atoms with Gasteiger partial charge in [0.1, 0.15) is 5.82 Å². The quantitative estimate of drug-likeness (QED) is 0.606. The van der Waals surface area contributed by atoms with Gasteiger partial charge in [-0.05, 0) is 31.5 Å². The van der Waals surface area contributed by atoms with Crippen molar-refractivity contribution in [2.45, 2.75) is 31.4 Å². The summed E-state index contributed by atoms with van der Waals surface area (Å²) in [5, 5.41) is 2.72. The number of hydrogen-bond acceptors (Lipinski definition) is 4. The fourth-order valence-electron chi connectivity index (χ4n) is 2.02. The number of nitrogens with one attached hydrogen (secondary N) is 1. The molecule has 0 aromatic heterocycles. The lowest BCUT2D eigenvalue weighted by Crippen LogP contribution is -2.35. The van der Waals surface area contributed by atoms with Crippen molar-refractivity contribution in [2.24, 2.45) is 0 Å². The molecule has 132 valence electrons. The molecule has 0 unspecified atom stereocenters. The molecular formula is C19H20FNO3S. The van der Waals surface area contributed by atoms with Crippen molar-refractivity contribution in [3.63, 3.8) is 0 Å². The Labute approximate surface area is 150 Å². The maximum Gasteiger partial charge on any atom is 0.317 e. The Hall–Kier alpha value is -2.34. The zero-order valence-corrected chi connectivity index (χ0v) is 14.9. The molecule has 0 fully saturated rings. The molecule has 0 aliphatic carbocycles. The standard InChI is InChI=1S/C19H20FNO3S/c1-13-7-9-15(10-8-13)11-21-19(23)14(2)24-18(22)12-25-17-6-4-3-5-16(17)20/h3-10,14H,11-12H2,1-2H3,(H,21,23)/t14-/m0/s1. The van der Waals surface area contributed by atoms with E-state index in [9.17, 15) is 14.0 Å². The van der Waals surface area contributed by atoms with Crippen LogP contribution in [0, 0.1) is 12.7 Å². The highest BCUT2D eigenvalue weighted by molar-refractivity contribution is 8.00. The van der Waals surface area contributed by atoms with Crippen molar-refractivity contribution in [1.29, 1.82) is 0 Å².